The largest absolute Gasteiger partial charge is 0.462 e. The van der Waals surface area contributed by atoms with Gasteiger partial charge in [0.15, 0.2) is 6.10 Å². The summed E-state index contributed by atoms with van der Waals surface area (Å²) in [6.45, 7) is 7.45. The van der Waals surface area contributed by atoms with Gasteiger partial charge in [-0.2, -0.15) is 0 Å². The first-order valence-corrected chi connectivity index (χ1v) is 25.4. The molecular formula is C57H94O5. The maximum Gasteiger partial charge on any atom is 0.306 e. The molecule has 5 heteroatoms. The van der Waals surface area contributed by atoms with Gasteiger partial charge in [-0.15, -0.1) is 0 Å². The van der Waals surface area contributed by atoms with Gasteiger partial charge < -0.3 is 14.2 Å². The zero-order valence-corrected chi connectivity index (χ0v) is 40.3. The first kappa shape index (κ1) is 58.6. The quantitative estimate of drug-likeness (QED) is 0.0347. The molecule has 0 aliphatic carbocycles. The molecule has 0 amide bonds. The Morgan fingerprint density at radius 3 is 1.18 bits per heavy atom. The van der Waals surface area contributed by atoms with Crippen LogP contribution in [0, 0.1) is 0 Å². The van der Waals surface area contributed by atoms with Crippen LogP contribution in [0.4, 0.5) is 0 Å². The second-order valence-electron chi connectivity index (χ2n) is 16.3. The molecule has 0 saturated heterocycles. The summed E-state index contributed by atoms with van der Waals surface area (Å²) in [5, 5.41) is 0. The number of allylic oxidation sites excluding steroid dienone is 18. The zero-order valence-electron chi connectivity index (χ0n) is 40.3. The second-order valence-corrected chi connectivity index (χ2v) is 16.3. The minimum atomic E-state index is -0.567. The molecule has 352 valence electrons. The topological polar surface area (TPSA) is 61.8 Å². The summed E-state index contributed by atoms with van der Waals surface area (Å²) in [6.07, 6.45) is 71.0. The first-order chi connectivity index (χ1) is 30.6. The van der Waals surface area contributed by atoms with Crippen molar-refractivity contribution >= 4 is 11.9 Å². The van der Waals surface area contributed by atoms with Crippen LogP contribution in [0.25, 0.3) is 0 Å². The standard InChI is InChI=1S/C57H94O5/c1-4-7-10-13-16-19-22-25-26-27-28-29-30-31-34-37-40-43-46-49-52-60-53-55(62-57(59)51-48-45-42-39-36-33-24-21-18-15-12-9-6-3)54-61-56(58)50-47-44-41-38-35-32-23-20-17-14-11-8-5-2/h7-8,10-12,15-17,19-21,24-26,28-29,32,35,55H,4-6,9,13-14,18,22-23,27,30-31,33-34,36-54H2,1-3H3/b10-7-,11-8-,15-12-,19-16-,20-17-,24-21-,26-25-,29-28-,35-32-. The van der Waals surface area contributed by atoms with Crippen molar-refractivity contribution in [1.82, 2.24) is 0 Å². The Hall–Kier alpha value is -3.44. The summed E-state index contributed by atoms with van der Waals surface area (Å²) in [7, 11) is 0. The average Bonchev–Trinajstić information content (AvgIpc) is 3.27. The molecule has 0 rings (SSSR count). The Morgan fingerprint density at radius 2 is 0.726 bits per heavy atom. The fraction of sp³-hybridized carbons (Fsp3) is 0.649. The molecule has 0 saturated carbocycles. The predicted molar refractivity (Wildman–Crippen MR) is 269 cm³/mol. The fourth-order valence-electron chi connectivity index (χ4n) is 6.55. The Balaban J connectivity index is 4.34. The maximum atomic E-state index is 12.8. The number of unbranched alkanes of at least 4 members (excludes halogenated alkanes) is 16. The van der Waals surface area contributed by atoms with Gasteiger partial charge in [0.05, 0.1) is 6.61 Å². The number of ether oxygens (including phenoxy) is 3. The average molecular weight is 859 g/mol. The van der Waals surface area contributed by atoms with E-state index in [1.54, 1.807) is 0 Å². The van der Waals surface area contributed by atoms with Crippen LogP contribution in [-0.2, 0) is 23.8 Å². The summed E-state index contributed by atoms with van der Waals surface area (Å²) < 4.78 is 17.3. The van der Waals surface area contributed by atoms with E-state index >= 15 is 0 Å². The van der Waals surface area contributed by atoms with Gasteiger partial charge in [0.2, 0.25) is 0 Å². The molecule has 0 aliphatic heterocycles. The molecule has 0 aromatic heterocycles. The van der Waals surface area contributed by atoms with E-state index in [9.17, 15) is 9.59 Å². The van der Waals surface area contributed by atoms with Crippen LogP contribution in [0.2, 0.25) is 0 Å². The monoisotopic (exact) mass is 859 g/mol. The van der Waals surface area contributed by atoms with E-state index in [2.05, 4.69) is 130 Å². The molecule has 0 bridgehead atoms. The van der Waals surface area contributed by atoms with E-state index in [1.165, 1.54) is 51.4 Å². The summed E-state index contributed by atoms with van der Waals surface area (Å²) in [5.41, 5.74) is 0. The van der Waals surface area contributed by atoms with Crippen LogP contribution in [0.5, 0.6) is 0 Å². The summed E-state index contributed by atoms with van der Waals surface area (Å²) >= 11 is 0. The summed E-state index contributed by atoms with van der Waals surface area (Å²) in [4.78, 5) is 25.3. The second kappa shape index (κ2) is 51.9. The van der Waals surface area contributed by atoms with Crippen molar-refractivity contribution in [3.05, 3.63) is 109 Å². The van der Waals surface area contributed by atoms with E-state index in [4.69, 9.17) is 14.2 Å². The molecule has 0 spiro atoms. The molecule has 62 heavy (non-hydrogen) atoms. The molecule has 0 aromatic rings. The lowest BCUT2D eigenvalue weighted by Crippen LogP contribution is -2.30. The molecule has 0 aromatic carbocycles. The third-order valence-electron chi connectivity index (χ3n) is 10.3. The van der Waals surface area contributed by atoms with Crippen molar-refractivity contribution < 1.29 is 23.8 Å². The van der Waals surface area contributed by atoms with E-state index in [0.29, 0.717) is 19.4 Å². The Kier molecular flexibility index (Phi) is 49.0. The third-order valence-corrected chi connectivity index (χ3v) is 10.3. The highest BCUT2D eigenvalue weighted by Gasteiger charge is 2.17. The Labute approximate surface area is 383 Å². The van der Waals surface area contributed by atoms with Gasteiger partial charge in [0, 0.05) is 19.4 Å². The smallest absolute Gasteiger partial charge is 0.306 e. The van der Waals surface area contributed by atoms with Crippen molar-refractivity contribution in [2.45, 2.75) is 219 Å². The van der Waals surface area contributed by atoms with Gasteiger partial charge in [-0.1, -0.05) is 194 Å². The van der Waals surface area contributed by atoms with Crippen LogP contribution >= 0.6 is 0 Å². The highest BCUT2D eigenvalue weighted by atomic mass is 16.6. The van der Waals surface area contributed by atoms with Crippen molar-refractivity contribution in [1.29, 1.82) is 0 Å². The van der Waals surface area contributed by atoms with Crippen molar-refractivity contribution in [2.24, 2.45) is 0 Å². The molecular weight excluding hydrogens is 765 g/mol. The lowest BCUT2D eigenvalue weighted by Gasteiger charge is -2.18. The normalized spacial score (nSPS) is 13.1. The predicted octanol–water partition coefficient (Wildman–Crippen LogP) is 17.2. The van der Waals surface area contributed by atoms with E-state index in [1.807, 2.05) is 0 Å². The molecule has 0 radical (unpaired) electrons. The number of esters is 2. The Bertz CT molecular complexity index is 1250. The van der Waals surface area contributed by atoms with Gasteiger partial charge in [-0.25, -0.2) is 0 Å². The number of carbonyl (C=O) groups is 2. The molecule has 0 heterocycles. The molecule has 1 atom stereocenters. The van der Waals surface area contributed by atoms with E-state index in [-0.39, 0.29) is 25.2 Å². The number of carbonyl (C=O) groups excluding carboxylic acids is 2. The van der Waals surface area contributed by atoms with Crippen molar-refractivity contribution in [3.63, 3.8) is 0 Å². The van der Waals surface area contributed by atoms with Gasteiger partial charge in [0.1, 0.15) is 6.61 Å². The third kappa shape index (κ3) is 49.2. The van der Waals surface area contributed by atoms with Crippen LogP contribution in [0.1, 0.15) is 213 Å². The van der Waals surface area contributed by atoms with Crippen LogP contribution in [0.3, 0.4) is 0 Å². The van der Waals surface area contributed by atoms with Crippen LogP contribution < -0.4 is 0 Å². The van der Waals surface area contributed by atoms with Gasteiger partial charge in [-0.3, -0.25) is 9.59 Å². The molecule has 0 N–H and O–H groups in total. The molecule has 5 nitrogen and oxygen atoms in total. The molecule has 1 unspecified atom stereocenters. The van der Waals surface area contributed by atoms with Gasteiger partial charge in [0.25, 0.3) is 0 Å². The van der Waals surface area contributed by atoms with Gasteiger partial charge >= 0.3 is 11.9 Å². The van der Waals surface area contributed by atoms with Crippen LogP contribution in [-0.4, -0.2) is 37.9 Å². The number of rotatable bonds is 45. The molecule has 0 fully saturated rings. The van der Waals surface area contributed by atoms with Crippen LogP contribution in [0.15, 0.2) is 109 Å². The minimum Gasteiger partial charge on any atom is -0.462 e. The lowest BCUT2D eigenvalue weighted by molar-refractivity contribution is -0.163. The molecule has 0 aliphatic rings. The van der Waals surface area contributed by atoms with E-state index < -0.39 is 6.10 Å². The summed E-state index contributed by atoms with van der Waals surface area (Å²) in [5.74, 6) is -0.460. The van der Waals surface area contributed by atoms with E-state index in [0.717, 1.165) is 128 Å². The number of hydrogen-bond donors (Lipinski definition) is 0. The summed E-state index contributed by atoms with van der Waals surface area (Å²) in [6, 6.07) is 0. The maximum absolute atomic E-state index is 12.8. The minimum absolute atomic E-state index is 0.0535. The SMILES string of the molecule is CC/C=C\C/C=C\C/C=C\C/C=C\CCCCCCCCCOCC(COC(=O)CCCCC/C=C\C/C=C\C/C=C\CC)OC(=O)CCCCCCC/C=C\C/C=C\CCC. The highest BCUT2D eigenvalue weighted by molar-refractivity contribution is 5.70. The number of hydrogen-bond acceptors (Lipinski definition) is 5. The lowest BCUT2D eigenvalue weighted by atomic mass is 10.1. The first-order valence-electron chi connectivity index (χ1n) is 25.4. The Morgan fingerprint density at radius 1 is 0.371 bits per heavy atom. The highest BCUT2D eigenvalue weighted by Crippen LogP contribution is 2.12. The zero-order chi connectivity index (χ0) is 44.9. The van der Waals surface area contributed by atoms with Gasteiger partial charge in [-0.05, 0) is 116 Å². The fourth-order valence-corrected chi connectivity index (χ4v) is 6.55. The van der Waals surface area contributed by atoms with Crippen molar-refractivity contribution in [2.75, 3.05) is 19.8 Å². The van der Waals surface area contributed by atoms with Crippen molar-refractivity contribution in [3.8, 4) is 0 Å².